The lowest BCUT2D eigenvalue weighted by atomic mass is 10.2. The summed E-state index contributed by atoms with van der Waals surface area (Å²) in [5.41, 5.74) is 0.997. The first-order chi connectivity index (χ1) is 12.1. The number of thiophene rings is 1. The molecule has 0 fully saturated rings. The predicted molar refractivity (Wildman–Crippen MR) is 98.5 cm³/mol. The van der Waals surface area contributed by atoms with Crippen molar-refractivity contribution in [2.45, 2.75) is 26.2 Å². The zero-order valence-corrected chi connectivity index (χ0v) is 15.7. The minimum absolute atomic E-state index is 0.265. The molecule has 1 atom stereocenters. The molecule has 0 amide bonds. The van der Waals surface area contributed by atoms with E-state index in [2.05, 4.69) is 11.8 Å². The van der Waals surface area contributed by atoms with E-state index in [1.807, 2.05) is 30.3 Å². The van der Waals surface area contributed by atoms with Gasteiger partial charge in [-0.3, -0.25) is 4.90 Å². The van der Waals surface area contributed by atoms with Crippen molar-refractivity contribution in [3.8, 4) is 11.5 Å². The van der Waals surface area contributed by atoms with Gasteiger partial charge in [0, 0.05) is 18.0 Å². The van der Waals surface area contributed by atoms with E-state index in [1.54, 1.807) is 11.3 Å². The van der Waals surface area contributed by atoms with Crippen LogP contribution in [-0.2, 0) is 17.9 Å². The molecule has 2 heterocycles. The van der Waals surface area contributed by atoms with E-state index in [0.29, 0.717) is 13.2 Å². The van der Waals surface area contributed by atoms with Gasteiger partial charge in [-0.2, -0.15) is 0 Å². The van der Waals surface area contributed by atoms with E-state index in [1.165, 1.54) is 4.88 Å². The maximum absolute atomic E-state index is 10.2. The Morgan fingerprint density at radius 3 is 2.88 bits per heavy atom. The number of halogens is 1. The summed E-state index contributed by atoms with van der Waals surface area (Å²) < 4.78 is 17.1. The van der Waals surface area contributed by atoms with Crippen LogP contribution < -0.4 is 9.47 Å². The van der Waals surface area contributed by atoms with Gasteiger partial charge in [0.15, 0.2) is 11.5 Å². The van der Waals surface area contributed by atoms with Crippen LogP contribution in [0.2, 0.25) is 4.34 Å². The van der Waals surface area contributed by atoms with Gasteiger partial charge < -0.3 is 19.3 Å². The Morgan fingerprint density at radius 1 is 1.28 bits per heavy atom. The summed E-state index contributed by atoms with van der Waals surface area (Å²) in [5.74, 6) is 1.50. The molecule has 0 saturated heterocycles. The lowest BCUT2D eigenvalue weighted by molar-refractivity contribution is 0.00952. The fourth-order valence-electron chi connectivity index (χ4n) is 2.66. The number of nitrogens with zero attached hydrogens (tertiary/aromatic N) is 1. The molecule has 1 aliphatic rings. The number of ether oxygens (including phenoxy) is 3. The average Bonchev–Trinajstić information content (AvgIpc) is 3.22. The van der Waals surface area contributed by atoms with Crippen molar-refractivity contribution >= 4 is 22.9 Å². The second kappa shape index (κ2) is 8.87. The first-order valence-corrected chi connectivity index (χ1v) is 9.44. The Labute approximate surface area is 156 Å². The molecule has 1 aromatic carbocycles. The summed E-state index contributed by atoms with van der Waals surface area (Å²) >= 11 is 7.54. The van der Waals surface area contributed by atoms with E-state index in [4.69, 9.17) is 25.8 Å². The summed E-state index contributed by atoms with van der Waals surface area (Å²) in [6.07, 6.45) is -0.538. The number of likely N-dealkylation sites (N-methyl/N-ethyl adjacent to an activating group) is 1. The van der Waals surface area contributed by atoms with Crippen molar-refractivity contribution < 1.29 is 19.3 Å². The maximum Gasteiger partial charge on any atom is 0.231 e. The van der Waals surface area contributed by atoms with Gasteiger partial charge in [0.2, 0.25) is 6.79 Å². The van der Waals surface area contributed by atoms with Crippen LogP contribution in [0.4, 0.5) is 0 Å². The van der Waals surface area contributed by atoms with Crippen LogP contribution in [0.1, 0.15) is 17.4 Å². The normalized spacial score (nSPS) is 14.2. The number of aliphatic hydroxyl groups excluding tert-OH is 1. The smallest absolute Gasteiger partial charge is 0.231 e. The van der Waals surface area contributed by atoms with Crippen LogP contribution >= 0.6 is 22.9 Å². The second-order valence-electron chi connectivity index (χ2n) is 5.89. The van der Waals surface area contributed by atoms with Crippen molar-refractivity contribution in [3.05, 3.63) is 45.1 Å². The minimum Gasteiger partial charge on any atom is -0.454 e. The third-order valence-corrected chi connectivity index (χ3v) is 5.16. The van der Waals surface area contributed by atoms with Crippen molar-refractivity contribution in [1.82, 2.24) is 4.90 Å². The average molecular weight is 384 g/mol. The van der Waals surface area contributed by atoms with Gasteiger partial charge in [0.25, 0.3) is 0 Å². The number of aliphatic hydroxyl groups is 1. The second-order valence-corrected chi connectivity index (χ2v) is 7.69. The topological polar surface area (TPSA) is 51.2 Å². The zero-order chi connectivity index (χ0) is 17.6. The standard InChI is InChI=1S/C18H22ClNO4S/c1-2-20(9-15-4-6-18(19)25-15)8-14(21)11-22-10-13-3-5-16-17(7-13)24-12-23-16/h3-7,14,21H,2,8-12H2,1H3. The molecule has 0 saturated carbocycles. The molecule has 0 radical (unpaired) electrons. The van der Waals surface area contributed by atoms with Crippen LogP contribution in [0.15, 0.2) is 30.3 Å². The van der Waals surface area contributed by atoms with Crippen LogP contribution in [0.5, 0.6) is 11.5 Å². The summed E-state index contributed by atoms with van der Waals surface area (Å²) in [4.78, 5) is 3.37. The Kier molecular flexibility index (Phi) is 6.56. The van der Waals surface area contributed by atoms with Crippen LogP contribution in [0, 0.1) is 0 Å². The Balaban J connectivity index is 1.41. The van der Waals surface area contributed by atoms with Crippen molar-refractivity contribution in [1.29, 1.82) is 0 Å². The lowest BCUT2D eigenvalue weighted by Crippen LogP contribution is -2.34. The molecule has 1 aliphatic heterocycles. The molecule has 2 aromatic rings. The summed E-state index contributed by atoms with van der Waals surface area (Å²) in [6.45, 7) is 5.27. The summed E-state index contributed by atoms with van der Waals surface area (Å²) in [6, 6.07) is 9.66. The quantitative estimate of drug-likeness (QED) is 0.717. The fourth-order valence-corrected chi connectivity index (χ4v) is 3.79. The van der Waals surface area contributed by atoms with Gasteiger partial charge in [-0.1, -0.05) is 24.6 Å². The van der Waals surface area contributed by atoms with Crippen LogP contribution in [0.25, 0.3) is 0 Å². The highest BCUT2D eigenvalue weighted by Crippen LogP contribution is 2.32. The third kappa shape index (κ3) is 5.33. The van der Waals surface area contributed by atoms with E-state index >= 15 is 0 Å². The predicted octanol–water partition coefficient (Wildman–Crippen LogP) is 3.53. The molecular weight excluding hydrogens is 362 g/mol. The summed E-state index contributed by atoms with van der Waals surface area (Å²) in [7, 11) is 0. The molecule has 7 heteroatoms. The number of rotatable bonds is 9. The van der Waals surface area contributed by atoms with Crippen molar-refractivity contribution in [3.63, 3.8) is 0 Å². The van der Waals surface area contributed by atoms with E-state index in [-0.39, 0.29) is 13.4 Å². The largest absolute Gasteiger partial charge is 0.454 e. The van der Waals surface area contributed by atoms with Gasteiger partial charge in [-0.25, -0.2) is 0 Å². The molecular formula is C18H22ClNO4S. The van der Waals surface area contributed by atoms with Gasteiger partial charge >= 0.3 is 0 Å². The molecule has 5 nitrogen and oxygen atoms in total. The minimum atomic E-state index is -0.538. The molecule has 0 aliphatic carbocycles. The van der Waals surface area contributed by atoms with Crippen molar-refractivity contribution in [2.24, 2.45) is 0 Å². The monoisotopic (exact) mass is 383 g/mol. The highest BCUT2D eigenvalue weighted by atomic mass is 35.5. The Hall–Kier alpha value is -1.31. The highest BCUT2D eigenvalue weighted by Gasteiger charge is 2.15. The van der Waals surface area contributed by atoms with Gasteiger partial charge in [0.1, 0.15) is 0 Å². The molecule has 136 valence electrons. The number of hydrogen-bond acceptors (Lipinski definition) is 6. The molecule has 0 bridgehead atoms. The van der Waals surface area contributed by atoms with E-state index in [9.17, 15) is 5.11 Å². The Bertz CT molecular complexity index is 693. The molecule has 1 N–H and O–H groups in total. The number of hydrogen-bond donors (Lipinski definition) is 1. The van der Waals surface area contributed by atoms with E-state index < -0.39 is 6.10 Å². The first kappa shape index (κ1) is 18.5. The SMILES string of the molecule is CCN(Cc1ccc(Cl)s1)CC(O)COCc1ccc2c(c1)OCO2. The van der Waals surface area contributed by atoms with E-state index in [0.717, 1.165) is 34.5 Å². The summed E-state index contributed by atoms with van der Waals surface area (Å²) in [5, 5.41) is 10.2. The Morgan fingerprint density at radius 2 is 2.12 bits per heavy atom. The van der Waals surface area contributed by atoms with Crippen molar-refractivity contribution in [2.75, 3.05) is 26.5 Å². The van der Waals surface area contributed by atoms with Gasteiger partial charge in [-0.15, -0.1) is 11.3 Å². The highest BCUT2D eigenvalue weighted by molar-refractivity contribution is 7.16. The molecule has 25 heavy (non-hydrogen) atoms. The molecule has 1 unspecified atom stereocenters. The van der Waals surface area contributed by atoms with Crippen LogP contribution in [0.3, 0.4) is 0 Å². The van der Waals surface area contributed by atoms with Crippen LogP contribution in [-0.4, -0.2) is 42.6 Å². The molecule has 3 rings (SSSR count). The zero-order valence-electron chi connectivity index (χ0n) is 14.1. The number of benzene rings is 1. The van der Waals surface area contributed by atoms with Gasteiger partial charge in [-0.05, 0) is 36.4 Å². The third-order valence-electron chi connectivity index (χ3n) is 3.94. The lowest BCUT2D eigenvalue weighted by Gasteiger charge is -2.23. The molecule has 0 spiro atoms. The fraction of sp³-hybridized carbons (Fsp3) is 0.444. The van der Waals surface area contributed by atoms with Gasteiger partial charge in [0.05, 0.1) is 23.7 Å². The maximum atomic E-state index is 10.2. The number of fused-ring (bicyclic) bond motifs is 1. The molecule has 1 aromatic heterocycles. The first-order valence-electron chi connectivity index (χ1n) is 8.25.